The summed E-state index contributed by atoms with van der Waals surface area (Å²) in [5, 5.41) is 23.9. The van der Waals surface area contributed by atoms with Gasteiger partial charge in [0.15, 0.2) is 10.1 Å². The molecule has 9 heteroatoms. The van der Waals surface area contributed by atoms with Crippen LogP contribution in [0, 0.1) is 11.3 Å². The number of ether oxygens (including phenoxy) is 1. The Morgan fingerprint density at radius 1 is 1.03 bits per heavy atom. The van der Waals surface area contributed by atoms with Gasteiger partial charge < -0.3 is 9.15 Å². The van der Waals surface area contributed by atoms with Crippen molar-refractivity contribution in [3.63, 3.8) is 0 Å². The number of furan rings is 1. The second kappa shape index (κ2) is 10.9. The van der Waals surface area contributed by atoms with Crippen LogP contribution < -0.4 is 10.1 Å². The van der Waals surface area contributed by atoms with E-state index < -0.39 is 5.91 Å². The van der Waals surface area contributed by atoms with E-state index in [1.54, 1.807) is 6.07 Å². The number of para-hydroxylation sites is 1. The molecule has 0 radical (unpaired) electrons. The van der Waals surface area contributed by atoms with Crippen molar-refractivity contribution in [1.29, 1.82) is 5.26 Å². The van der Waals surface area contributed by atoms with Crippen LogP contribution in [0.1, 0.15) is 10.8 Å². The lowest BCUT2D eigenvalue weighted by Gasteiger charge is -2.04. The molecule has 36 heavy (non-hydrogen) atoms. The normalized spacial score (nSPS) is 11.2. The van der Waals surface area contributed by atoms with Crippen molar-refractivity contribution in [3.8, 4) is 11.8 Å². The Morgan fingerprint density at radius 2 is 1.83 bits per heavy atom. The number of hydrogen-bond acceptors (Lipinski definition) is 8. The molecular formula is C27H18N4O3S2. The predicted octanol–water partition coefficient (Wildman–Crippen LogP) is 6.56. The summed E-state index contributed by atoms with van der Waals surface area (Å²) in [5.74, 6) is 0.520. The maximum absolute atomic E-state index is 12.6. The van der Waals surface area contributed by atoms with Gasteiger partial charge in [0.25, 0.3) is 5.91 Å². The van der Waals surface area contributed by atoms with Crippen LogP contribution in [-0.4, -0.2) is 16.1 Å². The standard InChI is InChI=1S/C27H18N4O3S2/c28-16-19(26(32)29-27-31-30-24(36-27)17-33-20-9-2-1-3-10-20)15-21-13-14-25(34-21)35-23-12-6-8-18-7-4-5-11-22(18)23/h1-15H,17H2,(H,29,31,32). The average Bonchev–Trinajstić information content (AvgIpc) is 3.56. The van der Waals surface area contributed by atoms with Crippen LogP contribution in [0.25, 0.3) is 16.8 Å². The molecule has 1 amide bonds. The highest BCUT2D eigenvalue weighted by molar-refractivity contribution is 7.99. The predicted molar refractivity (Wildman–Crippen MR) is 140 cm³/mol. The van der Waals surface area contributed by atoms with E-state index in [1.165, 1.54) is 29.2 Å². The molecule has 5 aromatic rings. The molecule has 2 heterocycles. The smallest absolute Gasteiger partial charge is 0.268 e. The van der Waals surface area contributed by atoms with Gasteiger partial charge in [-0.1, -0.05) is 77.7 Å². The monoisotopic (exact) mass is 510 g/mol. The highest BCUT2D eigenvalue weighted by Gasteiger charge is 2.15. The lowest BCUT2D eigenvalue weighted by molar-refractivity contribution is -0.112. The van der Waals surface area contributed by atoms with Crippen LogP contribution in [0.2, 0.25) is 0 Å². The maximum Gasteiger partial charge on any atom is 0.268 e. The summed E-state index contributed by atoms with van der Waals surface area (Å²) in [4.78, 5) is 13.7. The number of nitrogens with one attached hydrogen (secondary N) is 1. The molecule has 0 saturated heterocycles. The van der Waals surface area contributed by atoms with Crippen molar-refractivity contribution < 1.29 is 13.9 Å². The quantitative estimate of drug-likeness (QED) is 0.186. The Bertz CT molecular complexity index is 1580. The number of amides is 1. The third-order valence-electron chi connectivity index (χ3n) is 5.01. The molecule has 0 bridgehead atoms. The maximum atomic E-state index is 12.6. The molecule has 1 N–H and O–H groups in total. The highest BCUT2D eigenvalue weighted by Crippen LogP contribution is 2.34. The number of benzene rings is 3. The van der Waals surface area contributed by atoms with Gasteiger partial charge in [0.1, 0.15) is 29.8 Å². The minimum atomic E-state index is -0.594. The molecule has 3 aromatic carbocycles. The number of nitrogens with zero attached hydrogens (tertiary/aromatic N) is 3. The van der Waals surface area contributed by atoms with Crippen molar-refractivity contribution in [2.24, 2.45) is 0 Å². The number of hydrogen-bond donors (Lipinski definition) is 1. The summed E-state index contributed by atoms with van der Waals surface area (Å²) < 4.78 is 11.5. The molecule has 5 rings (SSSR count). The van der Waals surface area contributed by atoms with Gasteiger partial charge in [0.2, 0.25) is 5.13 Å². The lowest BCUT2D eigenvalue weighted by atomic mass is 10.1. The van der Waals surface area contributed by atoms with Gasteiger partial charge >= 0.3 is 0 Å². The fourth-order valence-electron chi connectivity index (χ4n) is 3.34. The van der Waals surface area contributed by atoms with E-state index in [9.17, 15) is 10.1 Å². The third kappa shape index (κ3) is 5.63. The molecule has 7 nitrogen and oxygen atoms in total. The van der Waals surface area contributed by atoms with Crippen LogP contribution in [0.15, 0.2) is 105 Å². The zero-order chi connectivity index (χ0) is 24.7. The van der Waals surface area contributed by atoms with Gasteiger partial charge in [0, 0.05) is 11.0 Å². The van der Waals surface area contributed by atoms with Crippen molar-refractivity contribution in [2.45, 2.75) is 16.6 Å². The Balaban J connectivity index is 1.23. The first-order valence-corrected chi connectivity index (χ1v) is 12.5. The lowest BCUT2D eigenvalue weighted by Crippen LogP contribution is -2.13. The third-order valence-corrected chi connectivity index (χ3v) is 6.82. The zero-order valence-electron chi connectivity index (χ0n) is 18.8. The van der Waals surface area contributed by atoms with E-state index >= 15 is 0 Å². The molecular weight excluding hydrogens is 492 g/mol. The molecule has 0 aliphatic rings. The topological polar surface area (TPSA) is 101 Å². The van der Waals surface area contributed by atoms with E-state index in [4.69, 9.17) is 9.15 Å². The molecule has 176 valence electrons. The van der Waals surface area contributed by atoms with Gasteiger partial charge in [-0.2, -0.15) is 5.26 Å². The molecule has 0 aliphatic carbocycles. The minimum Gasteiger partial charge on any atom is -0.486 e. The summed E-state index contributed by atoms with van der Waals surface area (Å²) in [6.45, 7) is 0.224. The summed E-state index contributed by atoms with van der Waals surface area (Å²) in [6, 6.07) is 29.0. The number of fused-ring (bicyclic) bond motifs is 1. The highest BCUT2D eigenvalue weighted by atomic mass is 32.2. The SMILES string of the molecule is N#CC(=Cc1ccc(Sc2cccc3ccccc23)o1)C(=O)Nc1nnc(COc2ccccc2)s1. The van der Waals surface area contributed by atoms with Gasteiger partial charge in [-0.25, -0.2) is 0 Å². The first-order valence-electron chi connectivity index (χ1n) is 10.9. The molecule has 0 spiro atoms. The molecule has 0 unspecified atom stereocenters. The van der Waals surface area contributed by atoms with Crippen molar-refractivity contribution in [1.82, 2.24) is 10.2 Å². The second-order valence-corrected chi connectivity index (χ2v) is 9.57. The number of anilines is 1. The van der Waals surface area contributed by atoms with E-state index in [0.29, 0.717) is 21.6 Å². The molecule has 0 fully saturated rings. The van der Waals surface area contributed by atoms with Crippen LogP contribution in [0.4, 0.5) is 5.13 Å². The van der Waals surface area contributed by atoms with E-state index in [-0.39, 0.29) is 17.3 Å². The van der Waals surface area contributed by atoms with E-state index in [0.717, 1.165) is 15.7 Å². The molecule has 0 saturated carbocycles. The van der Waals surface area contributed by atoms with E-state index in [2.05, 4.69) is 33.7 Å². The summed E-state index contributed by atoms with van der Waals surface area (Å²) in [6.07, 6.45) is 1.41. The van der Waals surface area contributed by atoms with Gasteiger partial charge in [-0.05, 0) is 41.1 Å². The first-order chi connectivity index (χ1) is 17.7. The Morgan fingerprint density at radius 3 is 2.69 bits per heavy atom. The number of aromatic nitrogens is 2. The van der Waals surface area contributed by atoms with Crippen LogP contribution in [0.5, 0.6) is 5.75 Å². The Hall–Kier alpha value is -4.39. The Labute approximate surface area is 215 Å². The zero-order valence-corrected chi connectivity index (χ0v) is 20.4. The van der Waals surface area contributed by atoms with Crippen molar-refractivity contribution >= 4 is 51.0 Å². The van der Waals surface area contributed by atoms with Crippen LogP contribution >= 0.6 is 23.1 Å². The summed E-state index contributed by atoms with van der Waals surface area (Å²) in [7, 11) is 0. The minimum absolute atomic E-state index is 0.108. The van der Waals surface area contributed by atoms with Gasteiger partial charge in [-0.3, -0.25) is 10.1 Å². The van der Waals surface area contributed by atoms with Crippen LogP contribution in [-0.2, 0) is 11.4 Å². The van der Waals surface area contributed by atoms with Crippen molar-refractivity contribution in [3.05, 3.63) is 101 Å². The summed E-state index contributed by atoms with van der Waals surface area (Å²) in [5.41, 5.74) is -0.108. The fourth-order valence-corrected chi connectivity index (χ4v) is 4.92. The summed E-state index contributed by atoms with van der Waals surface area (Å²) >= 11 is 2.66. The van der Waals surface area contributed by atoms with Crippen LogP contribution in [0.3, 0.4) is 0 Å². The second-order valence-electron chi connectivity index (χ2n) is 7.46. The first kappa shape index (κ1) is 23.4. The number of nitriles is 1. The van der Waals surface area contributed by atoms with Gasteiger partial charge in [0.05, 0.1) is 0 Å². The molecule has 0 aliphatic heterocycles. The van der Waals surface area contributed by atoms with E-state index in [1.807, 2.05) is 66.7 Å². The largest absolute Gasteiger partial charge is 0.486 e. The molecule has 2 aromatic heterocycles. The fraction of sp³-hybridized carbons (Fsp3) is 0.0370. The number of rotatable bonds is 8. The molecule has 0 atom stereocenters. The van der Waals surface area contributed by atoms with Gasteiger partial charge in [-0.15, -0.1) is 10.2 Å². The Kier molecular flexibility index (Phi) is 7.07. The van der Waals surface area contributed by atoms with Crippen molar-refractivity contribution in [2.75, 3.05) is 5.32 Å². The number of carbonyl (C=O) groups excluding carboxylic acids is 1. The number of carbonyl (C=O) groups is 1. The average molecular weight is 511 g/mol.